The Morgan fingerprint density at radius 1 is 1.21 bits per heavy atom. The molecule has 0 aromatic heterocycles. The van der Waals surface area contributed by atoms with Crippen LogP contribution >= 0.6 is 0 Å². The van der Waals surface area contributed by atoms with Crippen molar-refractivity contribution in [1.29, 1.82) is 0 Å². The molecule has 6 nitrogen and oxygen atoms in total. The fourth-order valence-electron chi connectivity index (χ4n) is 3.01. The van der Waals surface area contributed by atoms with E-state index >= 15 is 0 Å². The topological polar surface area (TPSA) is 90.5 Å². The van der Waals surface area contributed by atoms with Crippen molar-refractivity contribution in [3.05, 3.63) is 0 Å². The van der Waals surface area contributed by atoms with Gasteiger partial charge in [0.15, 0.2) is 0 Å². The Morgan fingerprint density at radius 3 is 2.53 bits per heavy atom. The molecule has 6 heteroatoms. The van der Waals surface area contributed by atoms with E-state index in [1.54, 1.807) is 6.92 Å². The van der Waals surface area contributed by atoms with Crippen LogP contribution in [0.1, 0.15) is 39.0 Å². The SMILES string of the molecule is CC1(C(=O)O)CCCC1NC(=O)NC1CCNCC1. The van der Waals surface area contributed by atoms with E-state index in [4.69, 9.17) is 0 Å². The normalized spacial score (nSPS) is 31.9. The highest BCUT2D eigenvalue weighted by atomic mass is 16.4. The molecule has 1 aliphatic carbocycles. The average molecular weight is 269 g/mol. The quantitative estimate of drug-likeness (QED) is 0.606. The van der Waals surface area contributed by atoms with Crippen molar-refractivity contribution in [2.45, 2.75) is 51.1 Å². The molecule has 0 spiro atoms. The number of hydrogen-bond acceptors (Lipinski definition) is 3. The Morgan fingerprint density at radius 2 is 1.89 bits per heavy atom. The molecule has 0 bridgehead atoms. The molecule has 4 N–H and O–H groups in total. The van der Waals surface area contributed by atoms with Crippen molar-refractivity contribution < 1.29 is 14.7 Å². The molecule has 1 aliphatic heterocycles. The van der Waals surface area contributed by atoms with Crippen molar-refractivity contribution in [2.75, 3.05) is 13.1 Å². The van der Waals surface area contributed by atoms with Crippen LogP contribution in [0.3, 0.4) is 0 Å². The van der Waals surface area contributed by atoms with Gasteiger partial charge in [-0.15, -0.1) is 0 Å². The summed E-state index contributed by atoms with van der Waals surface area (Å²) in [5, 5.41) is 18.3. The average Bonchev–Trinajstić information content (AvgIpc) is 2.73. The molecular formula is C13H23N3O3. The van der Waals surface area contributed by atoms with Crippen molar-refractivity contribution in [2.24, 2.45) is 5.41 Å². The zero-order valence-corrected chi connectivity index (χ0v) is 11.4. The molecule has 1 heterocycles. The molecule has 2 unspecified atom stereocenters. The van der Waals surface area contributed by atoms with Gasteiger partial charge in [0, 0.05) is 12.1 Å². The predicted octanol–water partition coefficient (Wildman–Crippen LogP) is 0.681. The summed E-state index contributed by atoms with van der Waals surface area (Å²) in [7, 11) is 0. The highest BCUT2D eigenvalue weighted by Gasteiger charge is 2.46. The van der Waals surface area contributed by atoms with Crippen LogP contribution in [0, 0.1) is 5.41 Å². The van der Waals surface area contributed by atoms with Gasteiger partial charge in [-0.05, 0) is 45.7 Å². The lowest BCUT2D eigenvalue weighted by atomic mass is 9.85. The van der Waals surface area contributed by atoms with Crippen LogP contribution in [0.5, 0.6) is 0 Å². The number of carboxylic acids is 1. The van der Waals surface area contributed by atoms with Gasteiger partial charge in [-0.3, -0.25) is 4.79 Å². The summed E-state index contributed by atoms with van der Waals surface area (Å²) < 4.78 is 0. The largest absolute Gasteiger partial charge is 0.481 e. The monoisotopic (exact) mass is 269 g/mol. The van der Waals surface area contributed by atoms with Crippen molar-refractivity contribution in [3.63, 3.8) is 0 Å². The number of aliphatic carboxylic acids is 1. The maximum atomic E-state index is 11.9. The zero-order valence-electron chi connectivity index (χ0n) is 11.4. The molecule has 0 aromatic carbocycles. The summed E-state index contributed by atoms with van der Waals surface area (Å²) in [4.78, 5) is 23.3. The van der Waals surface area contributed by atoms with Crippen LogP contribution in [0.15, 0.2) is 0 Å². The van der Waals surface area contributed by atoms with E-state index in [0.717, 1.165) is 38.8 Å². The lowest BCUT2D eigenvalue weighted by Gasteiger charge is -2.29. The molecular weight excluding hydrogens is 246 g/mol. The van der Waals surface area contributed by atoms with E-state index in [1.807, 2.05) is 0 Å². The molecule has 108 valence electrons. The summed E-state index contributed by atoms with van der Waals surface area (Å²) in [6.45, 7) is 3.56. The minimum atomic E-state index is -0.828. The third kappa shape index (κ3) is 3.18. The summed E-state index contributed by atoms with van der Waals surface area (Å²) in [6.07, 6.45) is 4.06. The van der Waals surface area contributed by atoms with Gasteiger partial charge in [0.25, 0.3) is 0 Å². The van der Waals surface area contributed by atoms with Crippen LogP contribution in [0.2, 0.25) is 0 Å². The highest BCUT2D eigenvalue weighted by molar-refractivity contribution is 5.79. The van der Waals surface area contributed by atoms with Gasteiger partial charge in [0.1, 0.15) is 0 Å². The first-order valence-electron chi connectivity index (χ1n) is 7.03. The van der Waals surface area contributed by atoms with Crippen LogP contribution in [-0.4, -0.2) is 42.3 Å². The third-order valence-corrected chi connectivity index (χ3v) is 4.43. The lowest BCUT2D eigenvalue weighted by molar-refractivity contribution is -0.148. The minimum Gasteiger partial charge on any atom is -0.481 e. The minimum absolute atomic E-state index is 0.193. The maximum Gasteiger partial charge on any atom is 0.315 e. The fourth-order valence-corrected chi connectivity index (χ4v) is 3.01. The number of rotatable bonds is 3. The van der Waals surface area contributed by atoms with Crippen LogP contribution in [0.4, 0.5) is 4.79 Å². The van der Waals surface area contributed by atoms with Gasteiger partial charge < -0.3 is 21.1 Å². The van der Waals surface area contributed by atoms with Gasteiger partial charge in [-0.25, -0.2) is 4.79 Å². The van der Waals surface area contributed by atoms with E-state index in [1.165, 1.54) is 0 Å². The second-order valence-corrected chi connectivity index (χ2v) is 5.81. The molecule has 19 heavy (non-hydrogen) atoms. The summed E-state index contributed by atoms with van der Waals surface area (Å²) in [6, 6.07) is -0.309. The number of carbonyl (C=O) groups is 2. The number of nitrogens with one attached hydrogen (secondary N) is 3. The van der Waals surface area contributed by atoms with Gasteiger partial charge in [-0.2, -0.15) is 0 Å². The van der Waals surface area contributed by atoms with E-state index in [2.05, 4.69) is 16.0 Å². The Balaban J connectivity index is 1.86. The first-order chi connectivity index (χ1) is 9.02. The lowest BCUT2D eigenvalue weighted by Crippen LogP contribution is -2.53. The van der Waals surface area contributed by atoms with Gasteiger partial charge in [-0.1, -0.05) is 6.42 Å². The smallest absolute Gasteiger partial charge is 0.315 e. The summed E-state index contributed by atoms with van der Waals surface area (Å²) >= 11 is 0. The van der Waals surface area contributed by atoms with E-state index < -0.39 is 11.4 Å². The first-order valence-corrected chi connectivity index (χ1v) is 7.03. The van der Waals surface area contributed by atoms with Crippen LogP contribution < -0.4 is 16.0 Å². The Kier molecular flexibility index (Phi) is 4.29. The number of carboxylic acid groups (broad SMARTS) is 1. The first kappa shape index (κ1) is 14.1. The number of amides is 2. The third-order valence-electron chi connectivity index (χ3n) is 4.43. The molecule has 2 aliphatic rings. The molecule has 2 amide bonds. The fraction of sp³-hybridized carbons (Fsp3) is 0.846. The van der Waals surface area contributed by atoms with Gasteiger partial charge in [0.05, 0.1) is 5.41 Å². The highest BCUT2D eigenvalue weighted by Crippen LogP contribution is 2.38. The molecule has 1 saturated heterocycles. The number of hydrogen-bond donors (Lipinski definition) is 4. The van der Waals surface area contributed by atoms with Crippen LogP contribution in [0.25, 0.3) is 0 Å². The Bertz CT molecular complexity index is 355. The van der Waals surface area contributed by atoms with Crippen LogP contribution in [-0.2, 0) is 4.79 Å². The summed E-state index contributed by atoms with van der Waals surface area (Å²) in [5.74, 6) is -0.822. The number of piperidine rings is 1. The molecule has 2 fully saturated rings. The Labute approximate surface area is 113 Å². The predicted molar refractivity (Wildman–Crippen MR) is 70.9 cm³/mol. The van der Waals surface area contributed by atoms with E-state index in [-0.39, 0.29) is 18.1 Å². The van der Waals surface area contributed by atoms with Gasteiger partial charge >= 0.3 is 12.0 Å². The summed E-state index contributed by atoms with van der Waals surface area (Å²) in [5.41, 5.74) is -0.828. The second-order valence-electron chi connectivity index (χ2n) is 5.81. The molecule has 2 rings (SSSR count). The number of carbonyl (C=O) groups excluding carboxylic acids is 1. The van der Waals surface area contributed by atoms with Gasteiger partial charge in [0.2, 0.25) is 0 Å². The molecule has 0 aromatic rings. The second kappa shape index (κ2) is 5.77. The molecule has 2 atom stereocenters. The van der Waals surface area contributed by atoms with E-state index in [9.17, 15) is 14.7 Å². The van der Waals surface area contributed by atoms with E-state index in [0.29, 0.717) is 6.42 Å². The standard InChI is InChI=1S/C13H23N3O3/c1-13(11(17)18)6-2-3-10(13)16-12(19)15-9-4-7-14-8-5-9/h9-10,14H,2-8H2,1H3,(H,17,18)(H2,15,16,19). The number of urea groups is 1. The molecule has 1 saturated carbocycles. The van der Waals surface area contributed by atoms with Crippen molar-refractivity contribution in [3.8, 4) is 0 Å². The van der Waals surface area contributed by atoms with Crippen molar-refractivity contribution >= 4 is 12.0 Å². The Hall–Kier alpha value is -1.30. The van der Waals surface area contributed by atoms with Crippen molar-refractivity contribution in [1.82, 2.24) is 16.0 Å². The molecule has 0 radical (unpaired) electrons. The maximum absolute atomic E-state index is 11.9. The zero-order chi connectivity index (χ0) is 13.9.